The van der Waals surface area contributed by atoms with Crippen molar-refractivity contribution in [1.82, 2.24) is 0 Å². The number of carboxylic acid groups (broad SMARTS) is 1. The van der Waals surface area contributed by atoms with Crippen LogP contribution in [0.2, 0.25) is 0 Å². The van der Waals surface area contributed by atoms with Crippen molar-refractivity contribution in [3.63, 3.8) is 0 Å². The van der Waals surface area contributed by atoms with Gasteiger partial charge in [0.05, 0.1) is 13.0 Å². The SMILES string of the molecule is COc1ccc(CC(CCSC(F)(F)F)C(=O)O)cc1. The second kappa shape index (κ2) is 7.42. The van der Waals surface area contributed by atoms with E-state index >= 15 is 0 Å². The van der Waals surface area contributed by atoms with Crippen molar-refractivity contribution in [3.05, 3.63) is 29.8 Å². The number of alkyl halides is 3. The molecule has 0 heterocycles. The molecule has 1 atom stereocenters. The number of carbonyl (C=O) groups is 1. The lowest BCUT2D eigenvalue weighted by Gasteiger charge is -2.13. The normalized spacial score (nSPS) is 13.0. The molecule has 20 heavy (non-hydrogen) atoms. The highest BCUT2D eigenvalue weighted by molar-refractivity contribution is 8.00. The number of benzene rings is 1. The van der Waals surface area contributed by atoms with E-state index in [9.17, 15) is 18.0 Å². The molecule has 112 valence electrons. The van der Waals surface area contributed by atoms with Crippen LogP contribution in [0.3, 0.4) is 0 Å². The van der Waals surface area contributed by atoms with Crippen LogP contribution in [0, 0.1) is 5.92 Å². The summed E-state index contributed by atoms with van der Waals surface area (Å²) in [6.07, 6.45) is 0.184. The Kier molecular flexibility index (Phi) is 6.19. The number of thioether (sulfide) groups is 1. The Morgan fingerprint density at radius 2 is 1.95 bits per heavy atom. The van der Waals surface area contributed by atoms with Crippen molar-refractivity contribution in [2.45, 2.75) is 18.3 Å². The van der Waals surface area contributed by atoms with E-state index in [1.807, 2.05) is 0 Å². The third-order valence-electron chi connectivity index (χ3n) is 2.72. The summed E-state index contributed by atoms with van der Waals surface area (Å²) in [5.74, 6) is -1.51. The van der Waals surface area contributed by atoms with Crippen LogP contribution in [0.5, 0.6) is 5.75 Å². The standard InChI is InChI=1S/C13H15F3O3S/c1-19-11-4-2-9(3-5-11)8-10(12(17)18)6-7-20-13(14,15)16/h2-5,10H,6-8H2,1H3,(H,17,18). The number of aliphatic carboxylic acids is 1. The first kappa shape index (κ1) is 16.7. The van der Waals surface area contributed by atoms with E-state index in [1.165, 1.54) is 7.11 Å². The predicted molar refractivity (Wildman–Crippen MR) is 71.0 cm³/mol. The number of carboxylic acids is 1. The molecule has 0 saturated heterocycles. The van der Waals surface area contributed by atoms with Crippen LogP contribution in [0.1, 0.15) is 12.0 Å². The number of halogens is 3. The van der Waals surface area contributed by atoms with Gasteiger partial charge in [-0.2, -0.15) is 13.2 Å². The zero-order valence-corrected chi connectivity index (χ0v) is 11.6. The van der Waals surface area contributed by atoms with Crippen LogP contribution >= 0.6 is 11.8 Å². The highest BCUT2D eigenvalue weighted by Crippen LogP contribution is 2.31. The van der Waals surface area contributed by atoms with E-state index in [-0.39, 0.29) is 30.4 Å². The third-order valence-corrected chi connectivity index (χ3v) is 3.49. The van der Waals surface area contributed by atoms with Crippen molar-refractivity contribution in [1.29, 1.82) is 0 Å². The molecule has 0 spiro atoms. The van der Waals surface area contributed by atoms with Crippen molar-refractivity contribution in [2.75, 3.05) is 12.9 Å². The van der Waals surface area contributed by atoms with E-state index in [0.717, 1.165) is 5.56 Å². The largest absolute Gasteiger partial charge is 0.497 e. The minimum absolute atomic E-state index is 0.0223. The zero-order valence-electron chi connectivity index (χ0n) is 10.8. The fraction of sp³-hybridized carbons (Fsp3) is 0.462. The summed E-state index contributed by atoms with van der Waals surface area (Å²) < 4.78 is 41.0. The number of hydrogen-bond acceptors (Lipinski definition) is 3. The lowest BCUT2D eigenvalue weighted by molar-refractivity contribution is -0.141. The lowest BCUT2D eigenvalue weighted by Crippen LogP contribution is -2.18. The van der Waals surface area contributed by atoms with E-state index in [2.05, 4.69) is 0 Å². The molecular formula is C13H15F3O3S. The minimum Gasteiger partial charge on any atom is -0.497 e. The fourth-order valence-electron chi connectivity index (χ4n) is 1.68. The smallest absolute Gasteiger partial charge is 0.441 e. The molecule has 1 aromatic rings. The Morgan fingerprint density at radius 1 is 1.35 bits per heavy atom. The van der Waals surface area contributed by atoms with Crippen LogP contribution in [0.15, 0.2) is 24.3 Å². The molecule has 7 heteroatoms. The molecule has 3 nitrogen and oxygen atoms in total. The van der Waals surface area contributed by atoms with E-state index < -0.39 is 17.4 Å². The Labute approximate surface area is 119 Å². The van der Waals surface area contributed by atoms with Gasteiger partial charge in [0.1, 0.15) is 5.75 Å². The summed E-state index contributed by atoms with van der Waals surface area (Å²) in [6.45, 7) is 0. The van der Waals surface area contributed by atoms with Crippen LogP contribution < -0.4 is 4.74 Å². The Bertz CT molecular complexity index is 431. The van der Waals surface area contributed by atoms with Gasteiger partial charge in [-0.15, -0.1) is 0 Å². The topological polar surface area (TPSA) is 46.5 Å². The maximum Gasteiger partial charge on any atom is 0.441 e. The van der Waals surface area contributed by atoms with Crippen molar-refractivity contribution in [2.24, 2.45) is 5.92 Å². The number of ether oxygens (including phenoxy) is 1. The Balaban J connectivity index is 2.55. The average Bonchev–Trinajstić information content (AvgIpc) is 2.37. The molecular weight excluding hydrogens is 293 g/mol. The van der Waals surface area contributed by atoms with Gasteiger partial charge in [0.25, 0.3) is 0 Å². The molecule has 0 fully saturated rings. The second-order valence-corrected chi connectivity index (χ2v) is 5.33. The molecule has 0 bridgehead atoms. The second-order valence-electron chi connectivity index (χ2n) is 4.17. The summed E-state index contributed by atoms with van der Waals surface area (Å²) in [4.78, 5) is 11.1. The summed E-state index contributed by atoms with van der Waals surface area (Å²) >= 11 is -0.187. The van der Waals surface area contributed by atoms with Gasteiger partial charge in [-0.3, -0.25) is 4.79 Å². The highest BCUT2D eigenvalue weighted by atomic mass is 32.2. The molecule has 1 rings (SSSR count). The van der Waals surface area contributed by atoms with Crippen LogP contribution in [0.25, 0.3) is 0 Å². The van der Waals surface area contributed by atoms with Gasteiger partial charge in [0.15, 0.2) is 0 Å². The molecule has 0 radical (unpaired) electrons. The molecule has 0 aromatic heterocycles. The van der Waals surface area contributed by atoms with Gasteiger partial charge in [0, 0.05) is 5.75 Å². The van der Waals surface area contributed by atoms with E-state index in [0.29, 0.717) is 5.75 Å². The maximum absolute atomic E-state index is 12.0. The van der Waals surface area contributed by atoms with Crippen molar-refractivity contribution in [3.8, 4) is 5.75 Å². The lowest BCUT2D eigenvalue weighted by atomic mass is 9.97. The quantitative estimate of drug-likeness (QED) is 0.836. The minimum atomic E-state index is -4.32. The first-order valence-corrected chi connectivity index (χ1v) is 6.87. The predicted octanol–water partition coefficient (Wildman–Crippen LogP) is 3.58. The summed E-state index contributed by atoms with van der Waals surface area (Å²) in [7, 11) is 1.52. The van der Waals surface area contributed by atoms with Gasteiger partial charge in [0.2, 0.25) is 0 Å². The third kappa shape index (κ3) is 6.18. The highest BCUT2D eigenvalue weighted by Gasteiger charge is 2.29. The number of methoxy groups -OCH3 is 1. The molecule has 0 aliphatic carbocycles. The molecule has 1 unspecified atom stereocenters. The molecule has 0 amide bonds. The molecule has 0 saturated carbocycles. The number of hydrogen-bond donors (Lipinski definition) is 1. The molecule has 0 aliphatic rings. The summed E-state index contributed by atoms with van der Waals surface area (Å²) in [5, 5.41) is 9.05. The average molecular weight is 308 g/mol. The van der Waals surface area contributed by atoms with E-state index in [1.54, 1.807) is 24.3 Å². The maximum atomic E-state index is 12.0. The fourth-order valence-corrected chi connectivity index (χ4v) is 2.31. The van der Waals surface area contributed by atoms with E-state index in [4.69, 9.17) is 9.84 Å². The Morgan fingerprint density at radius 3 is 2.40 bits per heavy atom. The first-order valence-electron chi connectivity index (χ1n) is 5.88. The van der Waals surface area contributed by atoms with Crippen LogP contribution in [-0.2, 0) is 11.2 Å². The summed E-state index contributed by atoms with van der Waals surface area (Å²) in [5.41, 5.74) is -3.56. The number of rotatable bonds is 7. The van der Waals surface area contributed by atoms with Crippen molar-refractivity contribution < 1.29 is 27.8 Å². The molecule has 0 aliphatic heterocycles. The van der Waals surface area contributed by atoms with Gasteiger partial charge in [-0.25, -0.2) is 0 Å². The molecule has 1 aromatic carbocycles. The monoisotopic (exact) mass is 308 g/mol. The van der Waals surface area contributed by atoms with Gasteiger partial charge in [-0.1, -0.05) is 23.9 Å². The van der Waals surface area contributed by atoms with Crippen LogP contribution in [-0.4, -0.2) is 29.4 Å². The van der Waals surface area contributed by atoms with Gasteiger partial charge in [-0.05, 0) is 30.5 Å². The summed E-state index contributed by atoms with van der Waals surface area (Å²) in [6, 6.07) is 6.81. The van der Waals surface area contributed by atoms with Gasteiger partial charge >= 0.3 is 11.5 Å². The molecule has 1 N–H and O–H groups in total. The van der Waals surface area contributed by atoms with Gasteiger partial charge < -0.3 is 9.84 Å². The Hall–Kier alpha value is -1.37. The van der Waals surface area contributed by atoms with Crippen LogP contribution in [0.4, 0.5) is 13.2 Å². The first-order chi connectivity index (χ1) is 9.31. The van der Waals surface area contributed by atoms with Crippen molar-refractivity contribution >= 4 is 17.7 Å². The zero-order chi connectivity index (χ0) is 15.2.